The number of likely N-dealkylation sites (tertiary alicyclic amines) is 1. The van der Waals surface area contributed by atoms with Gasteiger partial charge in [0.05, 0.1) is 11.9 Å². The number of benzene rings is 1. The summed E-state index contributed by atoms with van der Waals surface area (Å²) >= 11 is 0. The highest BCUT2D eigenvalue weighted by molar-refractivity contribution is 7.89. The van der Waals surface area contributed by atoms with Crippen LogP contribution >= 0.6 is 0 Å². The summed E-state index contributed by atoms with van der Waals surface area (Å²) in [6, 6.07) is 7.95. The highest BCUT2D eigenvalue weighted by Gasteiger charge is 2.18. The first kappa shape index (κ1) is 17.4. The van der Waals surface area contributed by atoms with Crippen LogP contribution in [0.25, 0.3) is 0 Å². The first-order valence-electron chi connectivity index (χ1n) is 7.94. The van der Waals surface area contributed by atoms with Crippen molar-refractivity contribution in [1.29, 1.82) is 0 Å². The van der Waals surface area contributed by atoms with Crippen LogP contribution < -0.4 is 4.72 Å². The lowest BCUT2D eigenvalue weighted by Crippen LogP contribution is -2.35. The van der Waals surface area contributed by atoms with E-state index in [1.807, 2.05) is 25.1 Å². The molecule has 6 heteroatoms. The van der Waals surface area contributed by atoms with Crippen LogP contribution in [0.3, 0.4) is 0 Å². The Bertz CT molecular complexity index is 567. The molecule has 0 unspecified atom stereocenters. The first-order valence-corrected chi connectivity index (χ1v) is 9.60. The van der Waals surface area contributed by atoms with Gasteiger partial charge in [0, 0.05) is 26.2 Å². The zero-order chi connectivity index (χ0) is 16.0. The van der Waals surface area contributed by atoms with Crippen LogP contribution in [0.1, 0.15) is 37.3 Å². The van der Waals surface area contributed by atoms with Gasteiger partial charge < -0.3 is 5.11 Å². The normalized spacial score (nSPS) is 17.7. The molecular formula is C16H26N2O3S. The molecule has 124 valence electrons. The molecule has 5 nitrogen and oxygen atoms in total. The molecule has 0 saturated carbocycles. The quantitative estimate of drug-likeness (QED) is 0.796. The third-order valence-corrected chi connectivity index (χ3v) is 5.55. The van der Waals surface area contributed by atoms with Gasteiger partial charge in [0.1, 0.15) is 0 Å². The summed E-state index contributed by atoms with van der Waals surface area (Å²) in [5, 5.41) is 9.57. The topological polar surface area (TPSA) is 69.6 Å². The average molecular weight is 326 g/mol. The lowest BCUT2D eigenvalue weighted by Gasteiger charge is -2.30. The Labute approximate surface area is 133 Å². The van der Waals surface area contributed by atoms with Crippen molar-refractivity contribution in [3.63, 3.8) is 0 Å². The molecule has 1 heterocycles. The van der Waals surface area contributed by atoms with E-state index < -0.39 is 10.0 Å². The molecule has 2 rings (SSSR count). The number of aliphatic hydroxyl groups excluding tert-OH is 1. The highest BCUT2D eigenvalue weighted by atomic mass is 32.2. The van der Waals surface area contributed by atoms with Crippen LogP contribution in [0.15, 0.2) is 24.3 Å². The number of sulfonamides is 1. The minimum atomic E-state index is -3.18. The van der Waals surface area contributed by atoms with E-state index in [2.05, 4.69) is 15.7 Å². The zero-order valence-corrected chi connectivity index (χ0v) is 14.0. The molecule has 0 aromatic heterocycles. The van der Waals surface area contributed by atoms with Gasteiger partial charge in [-0.15, -0.1) is 0 Å². The van der Waals surface area contributed by atoms with Gasteiger partial charge in [0.2, 0.25) is 10.0 Å². The van der Waals surface area contributed by atoms with Crippen molar-refractivity contribution >= 4 is 10.0 Å². The number of hydrogen-bond acceptors (Lipinski definition) is 4. The third kappa shape index (κ3) is 5.35. The van der Waals surface area contributed by atoms with Crippen LogP contribution in [0.2, 0.25) is 0 Å². The van der Waals surface area contributed by atoms with Crippen molar-refractivity contribution in [2.24, 2.45) is 0 Å². The predicted molar refractivity (Wildman–Crippen MR) is 87.9 cm³/mol. The third-order valence-electron chi connectivity index (χ3n) is 4.02. The van der Waals surface area contributed by atoms with E-state index in [4.69, 9.17) is 0 Å². The molecule has 2 N–H and O–H groups in total. The maximum atomic E-state index is 11.8. The summed E-state index contributed by atoms with van der Waals surface area (Å²) in [7, 11) is -3.18. The first-order chi connectivity index (χ1) is 10.5. The van der Waals surface area contributed by atoms with Gasteiger partial charge in [-0.05, 0) is 30.4 Å². The van der Waals surface area contributed by atoms with Gasteiger partial charge in [0.25, 0.3) is 0 Å². The molecule has 0 amide bonds. The fourth-order valence-corrected chi connectivity index (χ4v) is 3.79. The zero-order valence-electron chi connectivity index (χ0n) is 13.2. The van der Waals surface area contributed by atoms with Crippen LogP contribution in [0.5, 0.6) is 0 Å². The van der Waals surface area contributed by atoms with E-state index >= 15 is 0 Å². The SMILES string of the molecule is CCCS(=O)(=O)NCc1ccccc1CN1CCC(O)CC1. The molecule has 1 aromatic rings. The van der Waals surface area contributed by atoms with Gasteiger partial charge in [-0.1, -0.05) is 31.2 Å². The smallest absolute Gasteiger partial charge is 0.211 e. The number of rotatable bonds is 7. The molecular weight excluding hydrogens is 300 g/mol. The molecule has 0 radical (unpaired) electrons. The fraction of sp³-hybridized carbons (Fsp3) is 0.625. The number of aliphatic hydroxyl groups is 1. The van der Waals surface area contributed by atoms with Crippen molar-refractivity contribution in [3.05, 3.63) is 35.4 Å². The Hall–Kier alpha value is -0.950. The maximum absolute atomic E-state index is 11.8. The second-order valence-electron chi connectivity index (χ2n) is 5.92. The summed E-state index contributed by atoms with van der Waals surface area (Å²) in [6.07, 6.45) is 2.07. The molecule has 0 spiro atoms. The van der Waals surface area contributed by atoms with Gasteiger partial charge in [0.15, 0.2) is 0 Å². The Morgan fingerprint density at radius 3 is 2.50 bits per heavy atom. The van der Waals surface area contributed by atoms with E-state index in [0.717, 1.165) is 43.6 Å². The highest BCUT2D eigenvalue weighted by Crippen LogP contribution is 2.16. The minimum Gasteiger partial charge on any atom is -0.393 e. The van der Waals surface area contributed by atoms with Crippen molar-refractivity contribution in [1.82, 2.24) is 9.62 Å². The number of nitrogens with one attached hydrogen (secondary N) is 1. The lowest BCUT2D eigenvalue weighted by atomic mass is 10.0. The van der Waals surface area contributed by atoms with Gasteiger partial charge in [-0.25, -0.2) is 13.1 Å². The van der Waals surface area contributed by atoms with Crippen LogP contribution in [0.4, 0.5) is 0 Å². The summed E-state index contributed by atoms with van der Waals surface area (Å²) in [4.78, 5) is 2.31. The molecule has 22 heavy (non-hydrogen) atoms. The largest absolute Gasteiger partial charge is 0.393 e. The standard InChI is InChI=1S/C16H26N2O3S/c1-2-11-22(20,21)17-12-14-5-3-4-6-15(14)13-18-9-7-16(19)8-10-18/h3-6,16-17,19H,2,7-13H2,1H3. The molecule has 1 fully saturated rings. The second kappa shape index (κ2) is 8.06. The lowest BCUT2D eigenvalue weighted by molar-refractivity contribution is 0.0791. The van der Waals surface area contributed by atoms with Gasteiger partial charge in [-0.3, -0.25) is 4.90 Å². The Kier molecular flexibility index (Phi) is 6.37. The summed E-state index contributed by atoms with van der Waals surface area (Å²) in [5.74, 6) is 0.166. The molecule has 0 aliphatic carbocycles. The van der Waals surface area contributed by atoms with Gasteiger partial charge in [-0.2, -0.15) is 0 Å². The predicted octanol–water partition coefficient (Wildman–Crippen LogP) is 1.47. The van der Waals surface area contributed by atoms with Crippen LogP contribution in [0, 0.1) is 0 Å². The van der Waals surface area contributed by atoms with E-state index in [-0.39, 0.29) is 11.9 Å². The molecule has 1 aliphatic rings. The second-order valence-corrected chi connectivity index (χ2v) is 7.84. The van der Waals surface area contributed by atoms with Crippen LogP contribution in [-0.4, -0.2) is 43.4 Å². The van der Waals surface area contributed by atoms with E-state index in [1.54, 1.807) is 0 Å². The molecule has 0 atom stereocenters. The van der Waals surface area contributed by atoms with Gasteiger partial charge >= 0.3 is 0 Å². The molecule has 1 aliphatic heterocycles. The van der Waals surface area contributed by atoms with Crippen molar-refractivity contribution in [2.75, 3.05) is 18.8 Å². The molecule has 1 saturated heterocycles. The van der Waals surface area contributed by atoms with Crippen molar-refractivity contribution in [3.8, 4) is 0 Å². The Balaban J connectivity index is 1.98. The van der Waals surface area contributed by atoms with E-state index in [9.17, 15) is 13.5 Å². The number of hydrogen-bond donors (Lipinski definition) is 2. The number of nitrogens with zero attached hydrogens (tertiary/aromatic N) is 1. The van der Waals surface area contributed by atoms with Crippen molar-refractivity contribution < 1.29 is 13.5 Å². The maximum Gasteiger partial charge on any atom is 0.211 e. The average Bonchev–Trinajstić information content (AvgIpc) is 2.49. The monoisotopic (exact) mass is 326 g/mol. The number of piperidine rings is 1. The molecule has 1 aromatic carbocycles. The van der Waals surface area contributed by atoms with E-state index in [0.29, 0.717) is 13.0 Å². The summed E-state index contributed by atoms with van der Waals surface area (Å²) in [6.45, 7) is 4.78. The van der Waals surface area contributed by atoms with Crippen LogP contribution in [-0.2, 0) is 23.1 Å². The summed E-state index contributed by atoms with van der Waals surface area (Å²) in [5.41, 5.74) is 2.17. The Morgan fingerprint density at radius 1 is 1.23 bits per heavy atom. The molecule has 0 bridgehead atoms. The minimum absolute atomic E-state index is 0.166. The Morgan fingerprint density at radius 2 is 1.86 bits per heavy atom. The van der Waals surface area contributed by atoms with Crippen molar-refractivity contribution in [2.45, 2.75) is 45.4 Å². The van der Waals surface area contributed by atoms with E-state index in [1.165, 1.54) is 0 Å². The summed E-state index contributed by atoms with van der Waals surface area (Å²) < 4.78 is 26.3. The fourth-order valence-electron chi connectivity index (χ4n) is 2.73.